The third kappa shape index (κ3) is 4.70. The van der Waals surface area contributed by atoms with Crippen molar-refractivity contribution in [2.75, 3.05) is 11.9 Å². The van der Waals surface area contributed by atoms with Crippen molar-refractivity contribution in [3.05, 3.63) is 93.8 Å². The number of benzene rings is 3. The fourth-order valence-electron chi connectivity index (χ4n) is 2.98. The molecule has 0 atom stereocenters. The topological polar surface area (TPSA) is 77.8 Å². The van der Waals surface area contributed by atoms with E-state index in [1.165, 1.54) is 0 Å². The van der Waals surface area contributed by atoms with Crippen molar-refractivity contribution in [1.82, 2.24) is 0 Å². The molecule has 0 unspecified atom stereocenters. The largest absolute Gasteiger partial charge is 0.484 e. The molecule has 0 spiro atoms. The number of fused-ring (bicyclic) bond motifs is 1. The van der Waals surface area contributed by atoms with Crippen molar-refractivity contribution in [3.63, 3.8) is 0 Å². The molecule has 4 rings (SSSR count). The Kier molecular flexibility index (Phi) is 5.91. The molecule has 0 aliphatic carbocycles. The fraction of sp³-hybridized carbons (Fsp3) is 0.0833. The van der Waals surface area contributed by atoms with Gasteiger partial charge in [0.15, 0.2) is 6.61 Å². The van der Waals surface area contributed by atoms with Gasteiger partial charge in [-0.2, -0.15) is 0 Å². The zero-order valence-corrected chi connectivity index (χ0v) is 17.3. The molecule has 0 fully saturated rings. The second kappa shape index (κ2) is 8.93. The first-order valence-corrected chi connectivity index (χ1v) is 9.86. The Balaban J connectivity index is 1.50. The van der Waals surface area contributed by atoms with E-state index in [4.69, 9.17) is 25.5 Å². The summed E-state index contributed by atoms with van der Waals surface area (Å²) in [7, 11) is 0. The molecule has 6 nitrogen and oxygen atoms in total. The minimum atomic E-state index is -0.363. The van der Waals surface area contributed by atoms with Crippen LogP contribution in [0.3, 0.4) is 0 Å². The number of hydrogen-bond donors (Lipinski definition) is 1. The number of ether oxygens (including phenoxy) is 2. The molecule has 0 bridgehead atoms. The van der Waals surface area contributed by atoms with Crippen LogP contribution in [0, 0.1) is 6.92 Å². The molecule has 156 valence electrons. The molecule has 31 heavy (non-hydrogen) atoms. The lowest BCUT2D eigenvalue weighted by Gasteiger charge is -2.11. The van der Waals surface area contributed by atoms with Crippen molar-refractivity contribution >= 4 is 34.2 Å². The van der Waals surface area contributed by atoms with Gasteiger partial charge in [-0.15, -0.1) is 0 Å². The molecule has 1 amide bonds. The molecular formula is C24H18ClNO5. The summed E-state index contributed by atoms with van der Waals surface area (Å²) >= 11 is 6.04. The van der Waals surface area contributed by atoms with Gasteiger partial charge >= 0.3 is 0 Å². The van der Waals surface area contributed by atoms with Crippen LogP contribution < -0.4 is 20.2 Å². The highest BCUT2D eigenvalue weighted by Crippen LogP contribution is 2.27. The van der Waals surface area contributed by atoms with Crippen molar-refractivity contribution in [2.45, 2.75) is 6.92 Å². The lowest BCUT2D eigenvalue weighted by Crippen LogP contribution is -2.20. The molecule has 1 N–H and O–H groups in total. The van der Waals surface area contributed by atoms with E-state index in [1.807, 2.05) is 18.2 Å². The van der Waals surface area contributed by atoms with Gasteiger partial charge in [-0.25, -0.2) is 0 Å². The maximum Gasteiger partial charge on any atom is 0.262 e. The van der Waals surface area contributed by atoms with Crippen molar-refractivity contribution in [1.29, 1.82) is 0 Å². The maximum absolute atomic E-state index is 12.9. The van der Waals surface area contributed by atoms with Crippen molar-refractivity contribution in [2.24, 2.45) is 0 Å². The van der Waals surface area contributed by atoms with E-state index >= 15 is 0 Å². The number of para-hydroxylation sites is 2. The van der Waals surface area contributed by atoms with E-state index in [0.29, 0.717) is 38.9 Å². The summed E-state index contributed by atoms with van der Waals surface area (Å²) < 4.78 is 17.0. The van der Waals surface area contributed by atoms with Crippen LogP contribution in [0.2, 0.25) is 5.02 Å². The monoisotopic (exact) mass is 435 g/mol. The summed E-state index contributed by atoms with van der Waals surface area (Å²) in [5.74, 6) is 1.04. The van der Waals surface area contributed by atoms with E-state index in [-0.39, 0.29) is 23.7 Å². The van der Waals surface area contributed by atoms with E-state index in [2.05, 4.69) is 5.32 Å². The van der Waals surface area contributed by atoms with Crippen LogP contribution in [0.15, 0.2) is 82.0 Å². The number of carbonyl (C=O) groups is 1. The van der Waals surface area contributed by atoms with Crippen LogP contribution in [-0.2, 0) is 4.79 Å². The van der Waals surface area contributed by atoms with Gasteiger partial charge in [0.25, 0.3) is 5.91 Å². The average Bonchev–Trinajstić information content (AvgIpc) is 2.77. The quantitative estimate of drug-likeness (QED) is 0.428. The SMILES string of the molecule is Cc1oc2cc(OCC(=O)Nc3ccccc3Cl)ccc2c(=O)c1Oc1ccccc1. The predicted molar refractivity (Wildman–Crippen MR) is 119 cm³/mol. The molecule has 3 aromatic carbocycles. The Hall–Kier alpha value is -3.77. The first kappa shape index (κ1) is 20.5. The van der Waals surface area contributed by atoms with Gasteiger partial charge in [-0.3, -0.25) is 9.59 Å². The van der Waals surface area contributed by atoms with Crippen LogP contribution in [0.5, 0.6) is 17.2 Å². The molecule has 0 saturated heterocycles. The molecule has 4 aromatic rings. The van der Waals surface area contributed by atoms with Gasteiger partial charge in [0, 0.05) is 6.07 Å². The molecule has 0 saturated carbocycles. The molecule has 7 heteroatoms. The standard InChI is InChI=1S/C24H18ClNO5/c1-15-24(31-16-7-3-2-4-8-16)23(28)18-12-11-17(13-21(18)30-15)29-14-22(27)26-20-10-6-5-9-19(20)25/h2-13H,14H2,1H3,(H,26,27). The maximum atomic E-state index is 12.9. The number of nitrogens with one attached hydrogen (secondary N) is 1. The van der Waals surface area contributed by atoms with Gasteiger partial charge in [0.2, 0.25) is 11.2 Å². The second-order valence-corrected chi connectivity index (χ2v) is 7.11. The summed E-state index contributed by atoms with van der Waals surface area (Å²) in [6, 6.07) is 20.7. The van der Waals surface area contributed by atoms with Gasteiger partial charge in [-0.05, 0) is 43.3 Å². The predicted octanol–water partition coefficient (Wildman–Crippen LogP) is 5.56. The zero-order valence-electron chi connectivity index (χ0n) is 16.6. The normalized spacial score (nSPS) is 10.6. The van der Waals surface area contributed by atoms with E-state index in [9.17, 15) is 9.59 Å². The summed E-state index contributed by atoms with van der Waals surface area (Å²) in [5, 5.41) is 3.47. The Labute approximate surface area is 183 Å². The van der Waals surface area contributed by atoms with Crippen LogP contribution in [0.25, 0.3) is 11.0 Å². The molecule has 0 aliphatic rings. The fourth-order valence-corrected chi connectivity index (χ4v) is 3.16. The summed E-state index contributed by atoms with van der Waals surface area (Å²) in [5.41, 5.74) is 0.557. The van der Waals surface area contributed by atoms with Crippen LogP contribution in [-0.4, -0.2) is 12.5 Å². The molecular weight excluding hydrogens is 418 g/mol. The molecule has 0 radical (unpaired) electrons. The van der Waals surface area contributed by atoms with Crippen LogP contribution >= 0.6 is 11.6 Å². The Bertz CT molecular complexity index is 1300. The van der Waals surface area contributed by atoms with E-state index in [1.54, 1.807) is 61.5 Å². The number of amides is 1. The highest BCUT2D eigenvalue weighted by molar-refractivity contribution is 6.33. The first-order valence-electron chi connectivity index (χ1n) is 9.49. The number of halogens is 1. The minimum absolute atomic E-state index is 0.131. The summed E-state index contributed by atoms with van der Waals surface area (Å²) in [6.45, 7) is 1.43. The Morgan fingerprint density at radius 1 is 1.00 bits per heavy atom. The van der Waals surface area contributed by atoms with E-state index < -0.39 is 0 Å². The van der Waals surface area contributed by atoms with Gasteiger partial charge in [0.05, 0.1) is 16.1 Å². The average molecular weight is 436 g/mol. The number of carbonyl (C=O) groups excluding carboxylic acids is 1. The Morgan fingerprint density at radius 3 is 2.52 bits per heavy atom. The van der Waals surface area contributed by atoms with Crippen molar-refractivity contribution < 1.29 is 18.7 Å². The van der Waals surface area contributed by atoms with Crippen LogP contribution in [0.4, 0.5) is 5.69 Å². The van der Waals surface area contributed by atoms with Gasteiger partial charge in [-0.1, -0.05) is 41.9 Å². The second-order valence-electron chi connectivity index (χ2n) is 6.71. The molecule has 1 aromatic heterocycles. The third-order valence-electron chi connectivity index (χ3n) is 4.47. The van der Waals surface area contributed by atoms with Crippen molar-refractivity contribution in [3.8, 4) is 17.2 Å². The third-order valence-corrected chi connectivity index (χ3v) is 4.80. The number of rotatable bonds is 6. The highest BCUT2D eigenvalue weighted by atomic mass is 35.5. The lowest BCUT2D eigenvalue weighted by atomic mass is 10.2. The number of anilines is 1. The van der Waals surface area contributed by atoms with Gasteiger partial charge < -0.3 is 19.2 Å². The number of aryl methyl sites for hydroxylation is 1. The Morgan fingerprint density at radius 2 is 1.74 bits per heavy atom. The zero-order chi connectivity index (χ0) is 21.8. The minimum Gasteiger partial charge on any atom is -0.484 e. The molecule has 0 aliphatic heterocycles. The highest BCUT2D eigenvalue weighted by Gasteiger charge is 2.15. The molecule has 1 heterocycles. The first-order chi connectivity index (χ1) is 15.0. The smallest absolute Gasteiger partial charge is 0.262 e. The number of hydrogen-bond acceptors (Lipinski definition) is 5. The summed E-state index contributed by atoms with van der Waals surface area (Å²) in [6.07, 6.45) is 0. The van der Waals surface area contributed by atoms with Gasteiger partial charge in [0.1, 0.15) is 22.8 Å². The summed E-state index contributed by atoms with van der Waals surface area (Å²) in [4.78, 5) is 25.0. The lowest BCUT2D eigenvalue weighted by molar-refractivity contribution is -0.118. The van der Waals surface area contributed by atoms with Crippen LogP contribution in [0.1, 0.15) is 5.76 Å². The van der Waals surface area contributed by atoms with E-state index in [0.717, 1.165) is 0 Å².